The van der Waals surface area contributed by atoms with Gasteiger partial charge < -0.3 is 14.2 Å². The van der Waals surface area contributed by atoms with Crippen molar-refractivity contribution in [3.8, 4) is 28.4 Å². The molecule has 0 heterocycles. The molecule has 0 aliphatic heterocycles. The van der Waals surface area contributed by atoms with E-state index in [9.17, 15) is 35.1 Å². The van der Waals surface area contributed by atoms with Crippen LogP contribution in [0.3, 0.4) is 0 Å². The summed E-state index contributed by atoms with van der Waals surface area (Å²) >= 11 is 0. The number of ether oxygens (including phenoxy) is 3. The molecule has 278 valence electrons. The van der Waals surface area contributed by atoms with Crippen LogP contribution in [0.25, 0.3) is 11.1 Å². The van der Waals surface area contributed by atoms with E-state index in [1.807, 2.05) is 0 Å². The molecule has 4 aromatic carbocycles. The summed E-state index contributed by atoms with van der Waals surface area (Å²) in [6, 6.07) is 8.79. The number of unbranched alkanes of at least 4 members (excludes halogenated alkanes) is 1. The van der Waals surface area contributed by atoms with Gasteiger partial charge in [0.05, 0.1) is 5.56 Å². The first-order valence-corrected chi connectivity index (χ1v) is 16.3. The second kappa shape index (κ2) is 15.9. The van der Waals surface area contributed by atoms with Crippen LogP contribution in [-0.2, 0) is 12.2 Å². The van der Waals surface area contributed by atoms with E-state index in [0.717, 1.165) is 49.8 Å². The van der Waals surface area contributed by atoms with Gasteiger partial charge >= 0.3 is 18.3 Å². The van der Waals surface area contributed by atoms with E-state index in [0.29, 0.717) is 24.1 Å². The lowest BCUT2D eigenvalue weighted by Gasteiger charge is -2.29. The van der Waals surface area contributed by atoms with E-state index < -0.39 is 86.9 Å². The molecule has 0 bridgehead atoms. The van der Waals surface area contributed by atoms with Gasteiger partial charge in [0.2, 0.25) is 0 Å². The van der Waals surface area contributed by atoms with Crippen molar-refractivity contribution in [2.24, 2.45) is 5.92 Å². The number of alkyl halides is 4. The Bertz CT molecular complexity index is 1850. The molecule has 1 aliphatic carbocycles. The summed E-state index contributed by atoms with van der Waals surface area (Å²) in [5, 5.41) is 0. The fraction of sp³-hybridized carbons (Fsp3) is 0.316. The van der Waals surface area contributed by atoms with Gasteiger partial charge in [-0.25, -0.2) is 22.0 Å². The average molecular weight is 745 g/mol. The zero-order chi connectivity index (χ0) is 37.8. The van der Waals surface area contributed by atoms with Crippen LogP contribution in [0.4, 0.5) is 48.3 Å². The monoisotopic (exact) mass is 744 g/mol. The third-order valence-electron chi connectivity index (χ3n) is 8.85. The normalized spacial score (nSPS) is 16.4. The van der Waals surface area contributed by atoms with Crippen molar-refractivity contribution in [3.05, 3.63) is 125 Å². The number of hydrogen-bond donors (Lipinski definition) is 0. The Labute approximate surface area is 291 Å². The van der Waals surface area contributed by atoms with Crippen LogP contribution in [0.15, 0.2) is 79.1 Å². The van der Waals surface area contributed by atoms with E-state index in [4.69, 9.17) is 4.74 Å². The van der Waals surface area contributed by atoms with Crippen LogP contribution in [-0.4, -0.2) is 0 Å². The third kappa shape index (κ3) is 8.99. The number of rotatable bonds is 13. The molecule has 4 aromatic rings. The number of benzene rings is 4. The lowest BCUT2D eigenvalue weighted by Crippen LogP contribution is -2.25. The Hall–Kier alpha value is -4.75. The molecule has 0 atom stereocenters. The Morgan fingerprint density at radius 3 is 1.83 bits per heavy atom. The predicted octanol–water partition coefficient (Wildman–Crippen LogP) is 12.9. The molecule has 0 N–H and O–H groups in total. The minimum Gasteiger partial charge on any atom is -0.453 e. The van der Waals surface area contributed by atoms with Crippen molar-refractivity contribution in [2.45, 2.75) is 70.0 Å². The van der Waals surface area contributed by atoms with Crippen LogP contribution in [0, 0.1) is 35.0 Å². The summed E-state index contributed by atoms with van der Waals surface area (Å²) < 4.78 is 170. The number of hydrogen-bond acceptors (Lipinski definition) is 3. The highest BCUT2D eigenvalue weighted by molar-refractivity contribution is 5.66. The maximum atomic E-state index is 15.1. The van der Waals surface area contributed by atoms with Gasteiger partial charge in [0.15, 0.2) is 23.6 Å². The average Bonchev–Trinajstić information content (AvgIpc) is 3.06. The molecule has 0 amide bonds. The zero-order valence-electron chi connectivity index (χ0n) is 27.4. The summed E-state index contributed by atoms with van der Waals surface area (Å²) in [6.07, 6.45) is -3.94. The summed E-state index contributed by atoms with van der Waals surface area (Å²) in [7, 11) is 0. The minimum absolute atomic E-state index is 0.0958. The molecule has 1 fully saturated rings. The van der Waals surface area contributed by atoms with Gasteiger partial charge in [-0.15, -0.1) is 0 Å². The molecule has 0 unspecified atom stereocenters. The van der Waals surface area contributed by atoms with Crippen molar-refractivity contribution in [2.75, 3.05) is 0 Å². The van der Waals surface area contributed by atoms with E-state index in [1.165, 1.54) is 25.0 Å². The Morgan fingerprint density at radius 1 is 0.692 bits per heavy atom. The van der Waals surface area contributed by atoms with Gasteiger partial charge in [0, 0.05) is 23.8 Å². The van der Waals surface area contributed by atoms with E-state index in [1.54, 1.807) is 12.1 Å². The minimum atomic E-state index is -4.91. The topological polar surface area (TPSA) is 27.7 Å². The number of halogens is 11. The zero-order valence-corrected chi connectivity index (χ0v) is 27.4. The van der Waals surface area contributed by atoms with Crippen LogP contribution in [0.2, 0.25) is 0 Å². The third-order valence-corrected chi connectivity index (χ3v) is 8.85. The van der Waals surface area contributed by atoms with Crippen molar-refractivity contribution in [1.82, 2.24) is 0 Å². The molecular formula is C38H31F11O3. The van der Waals surface area contributed by atoms with Crippen molar-refractivity contribution < 1.29 is 62.5 Å². The van der Waals surface area contributed by atoms with Crippen LogP contribution < -0.4 is 14.2 Å². The molecule has 5 rings (SSSR count). The molecule has 0 radical (unpaired) electrons. The molecule has 3 nitrogen and oxygen atoms in total. The first kappa shape index (κ1) is 38.5. The fourth-order valence-electron chi connectivity index (χ4n) is 6.24. The van der Waals surface area contributed by atoms with Gasteiger partial charge in [-0.3, -0.25) is 0 Å². The SMILES string of the molecule is CCCCC1CCC(c2ccc(C(F)(F)Oc3ccc(-c4cc(F)c(C(F)(F)Oc5cc(F)c(OC=C(F)F)c(F)c5)c(F)c4)c(F)c3)cc2)CC1. The van der Waals surface area contributed by atoms with Crippen LogP contribution in [0.5, 0.6) is 17.2 Å². The molecule has 1 aliphatic rings. The lowest BCUT2D eigenvalue weighted by molar-refractivity contribution is -0.189. The van der Waals surface area contributed by atoms with Crippen LogP contribution in [0.1, 0.15) is 74.5 Å². The highest BCUT2D eigenvalue weighted by atomic mass is 19.3. The van der Waals surface area contributed by atoms with Gasteiger partial charge in [-0.2, -0.15) is 26.3 Å². The van der Waals surface area contributed by atoms with Crippen LogP contribution >= 0.6 is 0 Å². The summed E-state index contributed by atoms with van der Waals surface area (Å²) in [5.74, 6) is -11.1. The van der Waals surface area contributed by atoms with Crippen molar-refractivity contribution in [1.29, 1.82) is 0 Å². The fourth-order valence-corrected chi connectivity index (χ4v) is 6.24. The summed E-state index contributed by atoms with van der Waals surface area (Å²) in [6.45, 7) is 2.15. The van der Waals surface area contributed by atoms with Gasteiger partial charge in [0.1, 0.15) is 34.5 Å². The molecule has 0 spiro atoms. The van der Waals surface area contributed by atoms with Crippen molar-refractivity contribution in [3.63, 3.8) is 0 Å². The Kier molecular flexibility index (Phi) is 11.7. The maximum Gasteiger partial charge on any atom is 0.432 e. The highest BCUT2D eigenvalue weighted by Crippen LogP contribution is 2.41. The summed E-state index contributed by atoms with van der Waals surface area (Å²) in [4.78, 5) is 0. The molecule has 0 saturated heterocycles. The first-order chi connectivity index (χ1) is 24.6. The first-order valence-electron chi connectivity index (χ1n) is 16.3. The molecule has 14 heteroatoms. The standard InChI is InChI=1S/C38H31F11O3/c1-2-3-4-21-5-7-22(8-6-21)23-9-11-25(12-10-23)37(46,47)51-26-13-14-28(29(39)17-26)24-15-30(40)35(31(41)16-24)38(48,49)52-27-18-32(42)36(33(43)19-27)50-20-34(44)45/h9-22H,2-8H2,1H3. The maximum absolute atomic E-state index is 15.1. The van der Waals surface area contributed by atoms with Crippen molar-refractivity contribution >= 4 is 0 Å². The Balaban J connectivity index is 1.28. The molecular weight excluding hydrogens is 713 g/mol. The largest absolute Gasteiger partial charge is 0.453 e. The molecule has 0 aromatic heterocycles. The van der Waals surface area contributed by atoms with Gasteiger partial charge in [0.25, 0.3) is 0 Å². The van der Waals surface area contributed by atoms with E-state index in [2.05, 4.69) is 16.4 Å². The Morgan fingerprint density at radius 2 is 1.27 bits per heavy atom. The predicted molar refractivity (Wildman–Crippen MR) is 169 cm³/mol. The van der Waals surface area contributed by atoms with E-state index >= 15 is 13.2 Å². The lowest BCUT2D eigenvalue weighted by atomic mass is 9.77. The molecule has 52 heavy (non-hydrogen) atoms. The second-order valence-corrected chi connectivity index (χ2v) is 12.4. The molecule has 1 saturated carbocycles. The van der Waals surface area contributed by atoms with Gasteiger partial charge in [-0.05, 0) is 85.0 Å². The van der Waals surface area contributed by atoms with E-state index in [-0.39, 0.29) is 24.3 Å². The summed E-state index contributed by atoms with van der Waals surface area (Å²) in [5.41, 5.74) is -2.76. The quantitative estimate of drug-likeness (QED) is 0.101. The van der Waals surface area contributed by atoms with Gasteiger partial charge in [-0.1, -0.05) is 38.3 Å². The second-order valence-electron chi connectivity index (χ2n) is 12.4. The highest BCUT2D eigenvalue weighted by Gasteiger charge is 2.42. The smallest absolute Gasteiger partial charge is 0.432 e.